The van der Waals surface area contributed by atoms with E-state index in [9.17, 15) is 14.0 Å². The van der Waals surface area contributed by atoms with E-state index in [1.165, 1.54) is 23.5 Å². The number of fused-ring (bicyclic) bond motifs is 3. The van der Waals surface area contributed by atoms with Gasteiger partial charge < -0.3 is 0 Å². The fourth-order valence-electron chi connectivity index (χ4n) is 3.13. The van der Waals surface area contributed by atoms with Crippen molar-refractivity contribution in [3.8, 4) is 5.69 Å². The average molecular weight is 389 g/mol. The molecule has 132 valence electrons. The van der Waals surface area contributed by atoms with Gasteiger partial charge in [-0.1, -0.05) is 36.7 Å². The highest BCUT2D eigenvalue weighted by Gasteiger charge is 2.19. The number of aryl methyl sites for hydroxylation is 1. The topological polar surface area (TPSA) is 44.0 Å². The van der Waals surface area contributed by atoms with Crippen LogP contribution in [-0.4, -0.2) is 9.13 Å². The third-order valence-electron chi connectivity index (χ3n) is 4.27. The van der Waals surface area contributed by atoms with Gasteiger partial charge in [0.15, 0.2) is 0 Å². The van der Waals surface area contributed by atoms with E-state index in [0.29, 0.717) is 16.8 Å². The molecule has 26 heavy (non-hydrogen) atoms. The molecule has 4 rings (SSSR count). The first-order chi connectivity index (χ1) is 12.5. The zero-order valence-electron chi connectivity index (χ0n) is 13.8. The number of halogens is 2. The van der Waals surface area contributed by atoms with Gasteiger partial charge in [-0.05, 0) is 30.7 Å². The molecule has 0 atom stereocenters. The van der Waals surface area contributed by atoms with Gasteiger partial charge in [-0.3, -0.25) is 9.36 Å². The second-order valence-corrected chi connectivity index (χ2v) is 7.41. The van der Waals surface area contributed by atoms with Gasteiger partial charge in [0.1, 0.15) is 10.5 Å². The molecule has 0 saturated heterocycles. The van der Waals surface area contributed by atoms with E-state index in [2.05, 4.69) is 0 Å². The van der Waals surface area contributed by atoms with E-state index >= 15 is 0 Å². The standard InChI is InChI=1S/C19H14ClFN2O2S/c1-2-9-22-16-12-5-3-4-6-15(12)26-17(16)18(24)23(19(22)25)11-7-8-14(21)13(20)10-11/h3-8,10H,2,9H2,1H3. The first-order valence-electron chi connectivity index (χ1n) is 8.15. The van der Waals surface area contributed by atoms with Gasteiger partial charge in [-0.15, -0.1) is 11.3 Å². The summed E-state index contributed by atoms with van der Waals surface area (Å²) in [7, 11) is 0. The summed E-state index contributed by atoms with van der Waals surface area (Å²) in [5.74, 6) is -0.597. The van der Waals surface area contributed by atoms with Crippen LogP contribution >= 0.6 is 22.9 Å². The first-order valence-corrected chi connectivity index (χ1v) is 9.35. The average Bonchev–Trinajstić information content (AvgIpc) is 3.01. The third-order valence-corrected chi connectivity index (χ3v) is 5.70. The normalized spacial score (nSPS) is 11.5. The minimum atomic E-state index is -0.597. The Labute approximate surface area is 156 Å². The predicted molar refractivity (Wildman–Crippen MR) is 104 cm³/mol. The monoisotopic (exact) mass is 388 g/mol. The van der Waals surface area contributed by atoms with E-state index < -0.39 is 17.1 Å². The molecule has 7 heteroatoms. The number of benzene rings is 2. The lowest BCUT2D eigenvalue weighted by Crippen LogP contribution is -2.38. The Morgan fingerprint density at radius 1 is 1.15 bits per heavy atom. The van der Waals surface area contributed by atoms with Gasteiger partial charge in [-0.25, -0.2) is 13.8 Å². The molecule has 0 unspecified atom stereocenters. The van der Waals surface area contributed by atoms with Crippen molar-refractivity contribution in [2.45, 2.75) is 19.9 Å². The fraction of sp³-hybridized carbons (Fsp3) is 0.158. The lowest BCUT2D eigenvalue weighted by atomic mass is 10.2. The van der Waals surface area contributed by atoms with Gasteiger partial charge in [0.2, 0.25) is 0 Å². The Bertz CT molecular complexity index is 1270. The molecule has 0 amide bonds. The summed E-state index contributed by atoms with van der Waals surface area (Å²) in [5, 5.41) is 0.756. The van der Waals surface area contributed by atoms with Crippen LogP contribution in [0.3, 0.4) is 0 Å². The molecule has 0 N–H and O–H groups in total. The lowest BCUT2D eigenvalue weighted by molar-refractivity contribution is 0.624. The van der Waals surface area contributed by atoms with Crippen LogP contribution in [0.15, 0.2) is 52.1 Å². The molecule has 0 radical (unpaired) electrons. The van der Waals surface area contributed by atoms with Crippen LogP contribution in [0.25, 0.3) is 26.0 Å². The van der Waals surface area contributed by atoms with E-state index in [4.69, 9.17) is 11.6 Å². The number of aromatic nitrogens is 2. The van der Waals surface area contributed by atoms with Crippen molar-refractivity contribution in [3.05, 3.63) is 74.1 Å². The van der Waals surface area contributed by atoms with Crippen LogP contribution in [0.4, 0.5) is 4.39 Å². The molecule has 0 fully saturated rings. The predicted octanol–water partition coefficient (Wildman–Crippen LogP) is 4.57. The number of nitrogens with zero attached hydrogens (tertiary/aromatic N) is 2. The minimum absolute atomic E-state index is 0.132. The van der Waals surface area contributed by atoms with Crippen molar-refractivity contribution in [1.29, 1.82) is 0 Å². The van der Waals surface area contributed by atoms with Crippen LogP contribution in [-0.2, 0) is 6.54 Å². The van der Waals surface area contributed by atoms with Gasteiger partial charge in [0.25, 0.3) is 5.56 Å². The maximum atomic E-state index is 13.5. The molecule has 2 aromatic heterocycles. The summed E-state index contributed by atoms with van der Waals surface area (Å²) in [5.41, 5.74) is 0.0549. The maximum absolute atomic E-state index is 13.5. The molecule has 0 bridgehead atoms. The Hall–Kier alpha value is -2.44. The van der Waals surface area contributed by atoms with Gasteiger partial charge in [-0.2, -0.15) is 0 Å². The largest absolute Gasteiger partial charge is 0.336 e. The van der Waals surface area contributed by atoms with Gasteiger partial charge >= 0.3 is 5.69 Å². The zero-order chi connectivity index (χ0) is 18.4. The highest BCUT2D eigenvalue weighted by Crippen LogP contribution is 2.31. The number of rotatable bonds is 3. The molecule has 2 heterocycles. The van der Waals surface area contributed by atoms with Crippen molar-refractivity contribution >= 4 is 43.2 Å². The summed E-state index contributed by atoms with van der Waals surface area (Å²) >= 11 is 7.21. The first kappa shape index (κ1) is 17.0. The summed E-state index contributed by atoms with van der Waals surface area (Å²) < 4.78 is 17.6. The van der Waals surface area contributed by atoms with Crippen molar-refractivity contribution in [1.82, 2.24) is 9.13 Å². The number of hydrogen-bond donors (Lipinski definition) is 0. The van der Waals surface area contributed by atoms with Gasteiger partial charge in [0, 0.05) is 16.6 Å². The molecule has 0 saturated carbocycles. The zero-order valence-corrected chi connectivity index (χ0v) is 15.4. The van der Waals surface area contributed by atoms with E-state index in [1.807, 2.05) is 31.2 Å². The van der Waals surface area contributed by atoms with Crippen LogP contribution in [0.1, 0.15) is 13.3 Å². The Morgan fingerprint density at radius 2 is 1.92 bits per heavy atom. The number of hydrogen-bond acceptors (Lipinski definition) is 3. The quantitative estimate of drug-likeness (QED) is 0.516. The van der Waals surface area contributed by atoms with E-state index in [-0.39, 0.29) is 10.7 Å². The summed E-state index contributed by atoms with van der Waals surface area (Å²) in [6.07, 6.45) is 0.738. The molecular formula is C19H14ClFN2O2S. The number of thiophene rings is 1. The Balaban J connectivity index is 2.18. The molecular weight excluding hydrogens is 375 g/mol. The van der Waals surface area contributed by atoms with Gasteiger partial charge in [0.05, 0.1) is 16.2 Å². The smallest absolute Gasteiger partial charge is 0.291 e. The van der Waals surface area contributed by atoms with Crippen LogP contribution < -0.4 is 11.2 Å². The van der Waals surface area contributed by atoms with Crippen LogP contribution in [0.2, 0.25) is 5.02 Å². The van der Waals surface area contributed by atoms with E-state index in [0.717, 1.165) is 27.1 Å². The Morgan fingerprint density at radius 3 is 2.65 bits per heavy atom. The lowest BCUT2D eigenvalue weighted by Gasteiger charge is -2.12. The van der Waals surface area contributed by atoms with Crippen molar-refractivity contribution in [2.75, 3.05) is 0 Å². The maximum Gasteiger partial charge on any atom is 0.336 e. The third kappa shape index (κ3) is 2.48. The summed E-state index contributed by atoms with van der Waals surface area (Å²) in [4.78, 5) is 26.2. The molecule has 0 aliphatic carbocycles. The molecule has 2 aromatic carbocycles. The van der Waals surface area contributed by atoms with Crippen molar-refractivity contribution in [3.63, 3.8) is 0 Å². The minimum Gasteiger partial charge on any atom is -0.291 e. The summed E-state index contributed by atoms with van der Waals surface area (Å²) in [6.45, 7) is 2.45. The SMILES string of the molecule is CCCn1c(=O)n(-c2ccc(F)c(Cl)c2)c(=O)c2sc3ccccc3c21. The highest BCUT2D eigenvalue weighted by molar-refractivity contribution is 7.25. The molecule has 0 aliphatic heterocycles. The highest BCUT2D eigenvalue weighted by atomic mass is 35.5. The molecule has 4 nitrogen and oxygen atoms in total. The second-order valence-electron chi connectivity index (χ2n) is 5.95. The van der Waals surface area contributed by atoms with Crippen LogP contribution in [0, 0.1) is 5.82 Å². The molecule has 0 aliphatic rings. The second kappa shape index (κ2) is 6.37. The fourth-order valence-corrected chi connectivity index (χ4v) is 4.44. The van der Waals surface area contributed by atoms with Crippen molar-refractivity contribution in [2.24, 2.45) is 0 Å². The van der Waals surface area contributed by atoms with E-state index in [1.54, 1.807) is 4.57 Å². The van der Waals surface area contributed by atoms with Crippen LogP contribution in [0.5, 0.6) is 0 Å². The Kier molecular flexibility index (Phi) is 4.17. The molecule has 0 spiro atoms. The summed E-state index contributed by atoms with van der Waals surface area (Å²) in [6, 6.07) is 11.5. The molecule has 4 aromatic rings. The van der Waals surface area contributed by atoms with Crippen molar-refractivity contribution < 1.29 is 4.39 Å².